The predicted octanol–water partition coefficient (Wildman–Crippen LogP) is 7.04. The number of hydrogen-bond donors (Lipinski definition) is 1. The van der Waals surface area contributed by atoms with Crippen LogP contribution < -0.4 is 5.32 Å². The Kier molecular flexibility index (Phi) is 21.2. The number of hydrogen-bond acceptors (Lipinski definition) is 2. The third-order valence-electron chi connectivity index (χ3n) is 5.65. The first-order valence-electron chi connectivity index (χ1n) is 12.1. The van der Waals surface area contributed by atoms with Gasteiger partial charge in [0.2, 0.25) is 0 Å². The van der Waals surface area contributed by atoms with Gasteiger partial charge in [-0.25, -0.2) is 0 Å². The van der Waals surface area contributed by atoms with Crippen LogP contribution in [0.1, 0.15) is 117 Å². The number of nitrogens with zero attached hydrogens (tertiary/aromatic N) is 1. The van der Waals surface area contributed by atoms with Crippen molar-refractivity contribution in [2.24, 2.45) is 5.92 Å². The van der Waals surface area contributed by atoms with E-state index in [4.69, 9.17) is 0 Å². The molecule has 0 amide bonds. The van der Waals surface area contributed by atoms with Crippen LogP contribution in [0.15, 0.2) is 0 Å². The van der Waals surface area contributed by atoms with Crippen LogP contribution in [-0.2, 0) is 0 Å². The summed E-state index contributed by atoms with van der Waals surface area (Å²) in [4.78, 5) is 2.77. The van der Waals surface area contributed by atoms with Gasteiger partial charge in [0.1, 0.15) is 0 Å². The molecule has 1 N–H and O–H groups in total. The van der Waals surface area contributed by atoms with E-state index < -0.39 is 0 Å². The van der Waals surface area contributed by atoms with Crippen molar-refractivity contribution in [1.29, 1.82) is 0 Å². The minimum Gasteiger partial charge on any atom is -0.319 e. The molecule has 0 radical (unpaired) electrons. The summed E-state index contributed by atoms with van der Waals surface area (Å²) >= 11 is 0. The molecule has 158 valence electrons. The minimum atomic E-state index is 0.797. The van der Waals surface area contributed by atoms with Crippen molar-refractivity contribution in [1.82, 2.24) is 10.2 Å². The van der Waals surface area contributed by atoms with E-state index in [2.05, 4.69) is 38.0 Å². The van der Waals surface area contributed by atoms with Crippen molar-refractivity contribution in [3.63, 3.8) is 0 Å². The van der Waals surface area contributed by atoms with E-state index in [1.807, 2.05) is 0 Å². The van der Waals surface area contributed by atoms with Gasteiger partial charge < -0.3 is 10.2 Å². The molecule has 0 aliphatic carbocycles. The molecule has 0 bridgehead atoms. The zero-order valence-electron chi connectivity index (χ0n) is 19.0. The average molecular weight is 369 g/mol. The molecule has 0 aromatic heterocycles. The van der Waals surface area contributed by atoms with Crippen molar-refractivity contribution in [3.05, 3.63) is 0 Å². The molecule has 0 rings (SSSR count). The summed E-state index contributed by atoms with van der Waals surface area (Å²) in [5.41, 5.74) is 0. The van der Waals surface area contributed by atoms with E-state index in [1.165, 1.54) is 116 Å². The van der Waals surface area contributed by atoms with Crippen LogP contribution in [-0.4, -0.2) is 38.1 Å². The largest absolute Gasteiger partial charge is 0.319 e. The van der Waals surface area contributed by atoms with E-state index in [1.54, 1.807) is 0 Å². The SMILES string of the molecule is CCCCCCCCCN(CCCCCCCCC)CCC(C)CNC. The number of nitrogens with one attached hydrogen (secondary N) is 1. The molecule has 0 aliphatic heterocycles. The Bertz CT molecular complexity index is 237. The van der Waals surface area contributed by atoms with Gasteiger partial charge >= 0.3 is 0 Å². The summed E-state index contributed by atoms with van der Waals surface area (Å²) in [7, 11) is 2.07. The maximum absolute atomic E-state index is 3.33. The molecule has 0 heterocycles. The molecule has 0 saturated carbocycles. The van der Waals surface area contributed by atoms with Gasteiger partial charge in [0.05, 0.1) is 0 Å². The second-order valence-electron chi connectivity index (χ2n) is 8.54. The Morgan fingerprint density at radius 2 is 1.04 bits per heavy atom. The quantitative estimate of drug-likeness (QED) is 0.219. The first kappa shape index (κ1) is 25.9. The Hall–Kier alpha value is -0.0800. The Labute approximate surface area is 166 Å². The van der Waals surface area contributed by atoms with Crippen LogP contribution in [0.5, 0.6) is 0 Å². The zero-order valence-corrected chi connectivity index (χ0v) is 19.0. The van der Waals surface area contributed by atoms with Crippen LogP contribution in [0.25, 0.3) is 0 Å². The lowest BCUT2D eigenvalue weighted by Crippen LogP contribution is -2.29. The summed E-state index contributed by atoms with van der Waals surface area (Å²) in [6.45, 7) is 12.1. The standard InChI is InChI=1S/C24H52N2/c1-5-7-9-11-13-15-17-20-26(22-19-24(3)23-25-4)21-18-16-14-12-10-8-6-2/h24-25H,5-23H2,1-4H3. The van der Waals surface area contributed by atoms with Gasteiger partial charge in [0.25, 0.3) is 0 Å². The third-order valence-corrected chi connectivity index (χ3v) is 5.65. The fourth-order valence-electron chi connectivity index (χ4n) is 3.77. The fraction of sp³-hybridized carbons (Fsp3) is 1.00. The predicted molar refractivity (Wildman–Crippen MR) is 120 cm³/mol. The lowest BCUT2D eigenvalue weighted by molar-refractivity contribution is 0.242. The second kappa shape index (κ2) is 21.2. The lowest BCUT2D eigenvalue weighted by Gasteiger charge is -2.24. The van der Waals surface area contributed by atoms with Crippen LogP contribution in [0.3, 0.4) is 0 Å². The number of unbranched alkanes of at least 4 members (excludes halogenated alkanes) is 12. The first-order chi connectivity index (χ1) is 12.7. The van der Waals surface area contributed by atoms with Crippen molar-refractivity contribution in [2.45, 2.75) is 117 Å². The van der Waals surface area contributed by atoms with E-state index in [0.29, 0.717) is 0 Å². The highest BCUT2D eigenvalue weighted by atomic mass is 15.1. The van der Waals surface area contributed by atoms with Gasteiger partial charge in [0, 0.05) is 0 Å². The summed E-state index contributed by atoms with van der Waals surface area (Å²) in [6, 6.07) is 0. The molecule has 0 spiro atoms. The van der Waals surface area contributed by atoms with Crippen LogP contribution in [0.2, 0.25) is 0 Å². The lowest BCUT2D eigenvalue weighted by atomic mass is 10.1. The summed E-state index contributed by atoms with van der Waals surface area (Å²) < 4.78 is 0. The van der Waals surface area contributed by atoms with Crippen molar-refractivity contribution < 1.29 is 0 Å². The van der Waals surface area contributed by atoms with Crippen LogP contribution in [0, 0.1) is 5.92 Å². The molecular weight excluding hydrogens is 316 g/mol. The monoisotopic (exact) mass is 368 g/mol. The molecule has 1 atom stereocenters. The van der Waals surface area contributed by atoms with Gasteiger partial charge in [-0.3, -0.25) is 0 Å². The highest BCUT2D eigenvalue weighted by Crippen LogP contribution is 2.11. The van der Waals surface area contributed by atoms with Crippen LogP contribution >= 0.6 is 0 Å². The van der Waals surface area contributed by atoms with E-state index in [-0.39, 0.29) is 0 Å². The molecule has 0 saturated heterocycles. The third kappa shape index (κ3) is 18.7. The maximum atomic E-state index is 3.33. The minimum absolute atomic E-state index is 0.797. The maximum Gasteiger partial charge on any atom is -0.00157 e. The highest BCUT2D eigenvalue weighted by molar-refractivity contribution is 4.63. The zero-order chi connectivity index (χ0) is 19.3. The molecule has 2 nitrogen and oxygen atoms in total. The topological polar surface area (TPSA) is 15.3 Å². The van der Waals surface area contributed by atoms with E-state index >= 15 is 0 Å². The normalized spacial score (nSPS) is 12.8. The number of rotatable bonds is 21. The van der Waals surface area contributed by atoms with Crippen molar-refractivity contribution in [3.8, 4) is 0 Å². The van der Waals surface area contributed by atoms with Crippen LogP contribution in [0.4, 0.5) is 0 Å². The molecule has 26 heavy (non-hydrogen) atoms. The first-order valence-corrected chi connectivity index (χ1v) is 12.1. The van der Waals surface area contributed by atoms with E-state index in [0.717, 1.165) is 12.5 Å². The summed E-state index contributed by atoms with van der Waals surface area (Å²) in [6.07, 6.45) is 21.3. The van der Waals surface area contributed by atoms with Crippen molar-refractivity contribution in [2.75, 3.05) is 33.2 Å². The highest BCUT2D eigenvalue weighted by Gasteiger charge is 2.08. The van der Waals surface area contributed by atoms with Crippen molar-refractivity contribution >= 4 is 0 Å². The molecule has 0 aromatic rings. The molecule has 0 aromatic carbocycles. The molecular formula is C24H52N2. The summed E-state index contributed by atoms with van der Waals surface area (Å²) in [5, 5.41) is 3.33. The molecule has 1 unspecified atom stereocenters. The Balaban J connectivity index is 3.86. The smallest absolute Gasteiger partial charge is 0.00157 e. The Morgan fingerprint density at radius 1 is 0.615 bits per heavy atom. The second-order valence-corrected chi connectivity index (χ2v) is 8.54. The van der Waals surface area contributed by atoms with Gasteiger partial charge in [0.15, 0.2) is 0 Å². The average Bonchev–Trinajstić information content (AvgIpc) is 2.64. The Morgan fingerprint density at radius 3 is 1.46 bits per heavy atom. The van der Waals surface area contributed by atoms with Gasteiger partial charge in [-0.05, 0) is 58.4 Å². The van der Waals surface area contributed by atoms with Gasteiger partial charge in [-0.2, -0.15) is 0 Å². The molecule has 0 aliphatic rings. The van der Waals surface area contributed by atoms with E-state index in [9.17, 15) is 0 Å². The fourth-order valence-corrected chi connectivity index (χ4v) is 3.77. The summed E-state index contributed by atoms with van der Waals surface area (Å²) in [5.74, 6) is 0.797. The molecule has 0 fully saturated rings. The van der Waals surface area contributed by atoms with Gasteiger partial charge in [-0.1, -0.05) is 97.8 Å². The van der Waals surface area contributed by atoms with Gasteiger partial charge in [-0.15, -0.1) is 0 Å². The molecule has 2 heteroatoms.